The number of aromatic nitrogens is 3. The van der Waals surface area contributed by atoms with Gasteiger partial charge in [0.25, 0.3) is 11.2 Å². The number of nitro groups is 1. The Morgan fingerprint density at radius 1 is 1.23 bits per heavy atom. The normalized spacial score (nSPS) is 15.2. The highest BCUT2D eigenvalue weighted by Gasteiger charge is 2.34. The van der Waals surface area contributed by atoms with Crippen LogP contribution >= 0.6 is 0 Å². The van der Waals surface area contributed by atoms with Crippen molar-refractivity contribution in [2.45, 2.75) is 43.2 Å². The lowest BCUT2D eigenvalue weighted by atomic mass is 10.2. The third-order valence-electron chi connectivity index (χ3n) is 5.35. The first-order valence-corrected chi connectivity index (χ1v) is 10.8. The van der Waals surface area contributed by atoms with Gasteiger partial charge in [-0.05, 0) is 30.5 Å². The van der Waals surface area contributed by atoms with Gasteiger partial charge in [-0.1, -0.05) is 12.8 Å². The number of H-pyrrole nitrogens is 2. The molecule has 1 saturated carbocycles. The summed E-state index contributed by atoms with van der Waals surface area (Å²) in [6.07, 6.45) is 4.78. The van der Waals surface area contributed by atoms with Crippen molar-refractivity contribution in [2.24, 2.45) is 0 Å². The molecule has 2 aromatic heterocycles. The van der Waals surface area contributed by atoms with Gasteiger partial charge in [0.05, 0.1) is 15.2 Å². The fraction of sp³-hybridized carbons (Fsp3) is 0.333. The number of nitrogens with two attached hydrogens (primary N) is 1. The third-order valence-corrected chi connectivity index (χ3v) is 7.27. The Balaban J connectivity index is 1.76. The second-order valence-corrected chi connectivity index (χ2v) is 9.12. The largest absolute Gasteiger partial charge is 0.369 e. The van der Waals surface area contributed by atoms with E-state index in [1.807, 2.05) is 0 Å². The molecule has 11 nitrogen and oxygen atoms in total. The quantitative estimate of drug-likeness (QED) is 0.394. The third kappa shape index (κ3) is 3.55. The monoisotopic (exact) mass is 432 g/mol. The summed E-state index contributed by atoms with van der Waals surface area (Å²) in [6, 6.07) is 4.58. The van der Waals surface area contributed by atoms with Crippen LogP contribution in [-0.4, -0.2) is 38.6 Å². The zero-order valence-corrected chi connectivity index (χ0v) is 16.7. The highest BCUT2D eigenvalue weighted by molar-refractivity contribution is 7.89. The van der Waals surface area contributed by atoms with Crippen LogP contribution in [0.4, 0.5) is 11.6 Å². The SMILES string of the molecule is Nc1nc2[nH]cc(CN(C3CCCC3)S(=O)(=O)c3ccc([N+](=O)[O-])cc3)c2c(=O)[nH]1. The van der Waals surface area contributed by atoms with Crippen LogP contribution in [0.3, 0.4) is 0 Å². The Morgan fingerprint density at radius 3 is 2.53 bits per heavy atom. The molecule has 0 aliphatic heterocycles. The standard InChI is InChI=1S/C18H20N6O5S/c19-18-21-16-15(17(25)22-18)11(9-20-16)10-23(12-3-1-2-4-12)30(28,29)14-7-5-13(6-8-14)24(26)27/h5-9,12H,1-4,10H2,(H4,19,20,21,22,25). The maximum atomic E-state index is 13.4. The Labute approximate surface area is 171 Å². The average molecular weight is 432 g/mol. The van der Waals surface area contributed by atoms with E-state index in [9.17, 15) is 23.3 Å². The smallest absolute Gasteiger partial charge is 0.269 e. The van der Waals surface area contributed by atoms with Gasteiger partial charge in [0.1, 0.15) is 5.65 Å². The molecule has 12 heteroatoms. The van der Waals surface area contributed by atoms with Gasteiger partial charge < -0.3 is 10.7 Å². The molecule has 0 saturated heterocycles. The molecule has 3 aromatic rings. The van der Waals surface area contributed by atoms with E-state index in [1.165, 1.54) is 28.6 Å². The minimum absolute atomic E-state index is 0.0291. The van der Waals surface area contributed by atoms with E-state index in [4.69, 9.17) is 5.73 Å². The zero-order valence-electron chi connectivity index (χ0n) is 15.9. The fourth-order valence-electron chi connectivity index (χ4n) is 3.89. The summed E-state index contributed by atoms with van der Waals surface area (Å²) < 4.78 is 28.2. The van der Waals surface area contributed by atoms with E-state index in [2.05, 4.69) is 15.0 Å². The van der Waals surface area contributed by atoms with Gasteiger partial charge in [0.2, 0.25) is 16.0 Å². The molecule has 1 aliphatic rings. The summed E-state index contributed by atoms with van der Waals surface area (Å²) in [5, 5.41) is 11.1. The van der Waals surface area contributed by atoms with Crippen LogP contribution in [0.15, 0.2) is 40.2 Å². The van der Waals surface area contributed by atoms with Crippen molar-refractivity contribution in [3.8, 4) is 0 Å². The predicted octanol–water partition coefficient (Wildman–Crippen LogP) is 1.88. The maximum absolute atomic E-state index is 13.4. The molecular formula is C18H20N6O5S. The van der Waals surface area contributed by atoms with Crippen LogP contribution in [-0.2, 0) is 16.6 Å². The average Bonchev–Trinajstić information content (AvgIpc) is 3.36. The molecule has 0 bridgehead atoms. The van der Waals surface area contributed by atoms with Crippen LogP contribution in [0.1, 0.15) is 31.2 Å². The fourth-order valence-corrected chi connectivity index (χ4v) is 5.55. The van der Waals surface area contributed by atoms with Crippen LogP contribution < -0.4 is 11.3 Å². The molecule has 4 N–H and O–H groups in total. The Morgan fingerprint density at radius 2 is 1.90 bits per heavy atom. The first-order chi connectivity index (χ1) is 14.3. The van der Waals surface area contributed by atoms with Crippen LogP contribution in [0.2, 0.25) is 0 Å². The highest BCUT2D eigenvalue weighted by Crippen LogP contribution is 2.31. The van der Waals surface area contributed by atoms with Crippen molar-refractivity contribution >= 4 is 32.7 Å². The van der Waals surface area contributed by atoms with Crippen LogP contribution in [0, 0.1) is 10.1 Å². The summed E-state index contributed by atoms with van der Waals surface area (Å²) in [5.41, 5.74) is 5.70. The number of non-ortho nitro benzene ring substituents is 1. The molecule has 0 atom stereocenters. The molecule has 1 fully saturated rings. The van der Waals surface area contributed by atoms with Gasteiger partial charge in [-0.25, -0.2) is 8.42 Å². The maximum Gasteiger partial charge on any atom is 0.269 e. The van der Waals surface area contributed by atoms with Crippen molar-refractivity contribution in [1.29, 1.82) is 0 Å². The number of fused-ring (bicyclic) bond motifs is 1. The number of benzene rings is 1. The summed E-state index contributed by atoms with van der Waals surface area (Å²) in [6.45, 7) is -0.0291. The predicted molar refractivity (Wildman–Crippen MR) is 109 cm³/mol. The number of nitrogen functional groups attached to an aromatic ring is 1. The summed E-state index contributed by atoms with van der Waals surface area (Å²) in [5.74, 6) is -0.0351. The molecule has 0 unspecified atom stereocenters. The van der Waals surface area contributed by atoms with Gasteiger partial charge in [0.15, 0.2) is 0 Å². The van der Waals surface area contributed by atoms with Gasteiger partial charge >= 0.3 is 0 Å². The minimum Gasteiger partial charge on any atom is -0.369 e. The van der Waals surface area contributed by atoms with Gasteiger partial charge in [0, 0.05) is 30.9 Å². The number of nitrogens with zero attached hydrogens (tertiary/aromatic N) is 3. The summed E-state index contributed by atoms with van der Waals surface area (Å²) >= 11 is 0. The van der Waals surface area contributed by atoms with Crippen molar-refractivity contribution < 1.29 is 13.3 Å². The van der Waals surface area contributed by atoms with E-state index in [-0.39, 0.29) is 40.2 Å². The van der Waals surface area contributed by atoms with Crippen LogP contribution in [0.25, 0.3) is 11.0 Å². The number of sulfonamides is 1. The number of hydrogen-bond acceptors (Lipinski definition) is 7. The highest BCUT2D eigenvalue weighted by atomic mass is 32.2. The van der Waals surface area contributed by atoms with Crippen molar-refractivity contribution in [2.75, 3.05) is 5.73 Å². The summed E-state index contributed by atoms with van der Waals surface area (Å²) in [4.78, 5) is 32.0. The lowest BCUT2D eigenvalue weighted by Gasteiger charge is -2.28. The molecule has 1 aliphatic carbocycles. The van der Waals surface area contributed by atoms with Gasteiger partial charge in [-0.15, -0.1) is 0 Å². The number of nitrogens with one attached hydrogen (secondary N) is 2. The van der Waals surface area contributed by atoms with Gasteiger partial charge in [-0.3, -0.25) is 19.9 Å². The Bertz CT molecular complexity index is 1260. The molecule has 30 heavy (non-hydrogen) atoms. The van der Waals surface area contributed by atoms with Crippen molar-refractivity contribution in [3.63, 3.8) is 0 Å². The van der Waals surface area contributed by atoms with E-state index in [0.29, 0.717) is 18.4 Å². The Kier molecular flexibility index (Phi) is 5.03. The Hall–Kier alpha value is -3.25. The molecule has 0 spiro atoms. The number of anilines is 1. The van der Waals surface area contributed by atoms with Crippen LogP contribution in [0.5, 0.6) is 0 Å². The molecule has 2 heterocycles. The molecule has 4 rings (SSSR count). The lowest BCUT2D eigenvalue weighted by molar-refractivity contribution is -0.384. The van der Waals surface area contributed by atoms with E-state index in [1.54, 1.807) is 6.20 Å². The lowest BCUT2D eigenvalue weighted by Crippen LogP contribution is -2.38. The second kappa shape index (κ2) is 7.54. The second-order valence-electron chi connectivity index (χ2n) is 7.23. The molecule has 0 radical (unpaired) electrons. The zero-order chi connectivity index (χ0) is 21.5. The number of aromatic amines is 2. The number of nitro benzene ring substituents is 1. The van der Waals surface area contributed by atoms with E-state index in [0.717, 1.165) is 12.8 Å². The molecule has 0 amide bonds. The topological polar surface area (TPSA) is 168 Å². The van der Waals surface area contributed by atoms with E-state index < -0.39 is 20.5 Å². The molecule has 1 aromatic carbocycles. The van der Waals surface area contributed by atoms with Crippen molar-refractivity contribution in [1.82, 2.24) is 19.3 Å². The van der Waals surface area contributed by atoms with Crippen molar-refractivity contribution in [3.05, 3.63) is 56.5 Å². The molecular weight excluding hydrogens is 412 g/mol. The number of rotatable bonds is 6. The minimum atomic E-state index is -3.95. The first-order valence-electron chi connectivity index (χ1n) is 9.39. The molecule has 158 valence electrons. The number of hydrogen-bond donors (Lipinski definition) is 3. The summed E-state index contributed by atoms with van der Waals surface area (Å²) in [7, 11) is -3.95. The van der Waals surface area contributed by atoms with E-state index >= 15 is 0 Å². The van der Waals surface area contributed by atoms with Gasteiger partial charge in [-0.2, -0.15) is 9.29 Å². The first kappa shape index (κ1) is 20.0.